The molecule has 1 atom stereocenters. The third-order valence-corrected chi connectivity index (χ3v) is 5.92. The zero-order valence-corrected chi connectivity index (χ0v) is 21.4. The fraction of sp³-hybridized carbons (Fsp3) is 0.345. The molecule has 0 N–H and O–H groups in total. The summed E-state index contributed by atoms with van der Waals surface area (Å²) in [5.41, 5.74) is 1.43. The van der Waals surface area contributed by atoms with Crippen molar-refractivity contribution in [1.29, 1.82) is 0 Å². The van der Waals surface area contributed by atoms with Gasteiger partial charge in [0, 0.05) is 11.1 Å². The van der Waals surface area contributed by atoms with Crippen LogP contribution in [-0.4, -0.2) is 33.0 Å². The number of halogens is 4. The normalized spacial score (nSPS) is 12.1. The lowest BCUT2D eigenvalue weighted by atomic mass is 9.95. The Morgan fingerprint density at radius 1 is 0.921 bits per heavy atom. The number of carbonyl (C=O) groups excluding carboxylic acids is 1. The van der Waals surface area contributed by atoms with Gasteiger partial charge in [0.1, 0.15) is 29.7 Å². The number of methoxy groups -OCH3 is 2. The maximum atomic E-state index is 14.7. The molecule has 0 amide bonds. The summed E-state index contributed by atoms with van der Waals surface area (Å²) in [6.07, 6.45) is -3.75. The molecule has 3 aromatic carbocycles. The summed E-state index contributed by atoms with van der Waals surface area (Å²) in [5.74, 6) is -2.25. The highest BCUT2D eigenvalue weighted by Crippen LogP contribution is 2.39. The molecule has 0 unspecified atom stereocenters. The standard InChI is InChI=1S/C29H30F4O5/c1-4-5-13-37-27-14-19(9-11-23(27)24-16-21(35-2)10-12-26(24)30)18-38-22-8-6-7-20(15-22)25(29(31,32)33)17-28(34)36-3/h6-12,14-16,25H,4-5,13,17-18H2,1-3H3/t25-/m1/s1. The third-order valence-electron chi connectivity index (χ3n) is 5.92. The van der Waals surface area contributed by atoms with Gasteiger partial charge in [0.05, 0.1) is 33.2 Å². The van der Waals surface area contributed by atoms with Crippen LogP contribution < -0.4 is 14.2 Å². The number of unbranched alkanes of at least 4 members (excludes halogenated alkanes) is 1. The number of hydrogen-bond donors (Lipinski definition) is 0. The summed E-state index contributed by atoms with van der Waals surface area (Å²) in [7, 11) is 2.54. The van der Waals surface area contributed by atoms with Crippen LogP contribution in [0.1, 0.15) is 43.2 Å². The Bertz CT molecular complexity index is 1230. The second-order valence-corrected chi connectivity index (χ2v) is 8.61. The highest BCUT2D eigenvalue weighted by atomic mass is 19.4. The second kappa shape index (κ2) is 13.2. The molecule has 204 valence electrons. The fourth-order valence-corrected chi connectivity index (χ4v) is 3.82. The zero-order valence-electron chi connectivity index (χ0n) is 21.4. The Morgan fingerprint density at radius 3 is 2.39 bits per heavy atom. The summed E-state index contributed by atoms with van der Waals surface area (Å²) < 4.78 is 76.9. The molecule has 0 fully saturated rings. The van der Waals surface area contributed by atoms with Crippen LogP contribution in [0.2, 0.25) is 0 Å². The van der Waals surface area contributed by atoms with Crippen LogP contribution in [0.25, 0.3) is 11.1 Å². The molecule has 3 rings (SSSR count). The lowest BCUT2D eigenvalue weighted by Gasteiger charge is -2.20. The molecule has 0 aliphatic carbocycles. The number of benzene rings is 3. The van der Waals surface area contributed by atoms with E-state index in [9.17, 15) is 22.4 Å². The van der Waals surface area contributed by atoms with E-state index in [0.29, 0.717) is 34.8 Å². The van der Waals surface area contributed by atoms with Gasteiger partial charge >= 0.3 is 12.1 Å². The molecule has 9 heteroatoms. The van der Waals surface area contributed by atoms with Gasteiger partial charge < -0.3 is 18.9 Å². The van der Waals surface area contributed by atoms with Crippen LogP contribution >= 0.6 is 0 Å². The predicted octanol–water partition coefficient (Wildman–Crippen LogP) is 7.47. The van der Waals surface area contributed by atoms with Gasteiger partial charge in [-0.05, 0) is 53.9 Å². The summed E-state index contributed by atoms with van der Waals surface area (Å²) in [4.78, 5) is 11.6. The Balaban J connectivity index is 1.85. The molecule has 5 nitrogen and oxygen atoms in total. The van der Waals surface area contributed by atoms with Gasteiger partial charge in [0.25, 0.3) is 0 Å². The SMILES string of the molecule is CCCCOc1cc(COc2cccc([C@@H](CC(=O)OC)C(F)(F)F)c2)ccc1-c1cc(OC)ccc1F. The number of hydrogen-bond acceptors (Lipinski definition) is 5. The number of alkyl halides is 3. The van der Waals surface area contributed by atoms with E-state index in [2.05, 4.69) is 4.74 Å². The molecule has 0 spiro atoms. The number of rotatable bonds is 12. The highest BCUT2D eigenvalue weighted by molar-refractivity contribution is 5.73. The Labute approximate surface area is 219 Å². The first kappa shape index (κ1) is 28.8. The molecular formula is C29H30F4O5. The minimum Gasteiger partial charge on any atom is -0.497 e. The van der Waals surface area contributed by atoms with E-state index in [1.54, 1.807) is 24.3 Å². The third kappa shape index (κ3) is 7.63. The van der Waals surface area contributed by atoms with Crippen LogP contribution in [-0.2, 0) is 16.1 Å². The van der Waals surface area contributed by atoms with E-state index in [4.69, 9.17) is 14.2 Å². The van der Waals surface area contributed by atoms with Crippen LogP contribution in [0.4, 0.5) is 17.6 Å². The van der Waals surface area contributed by atoms with Crippen molar-refractivity contribution in [1.82, 2.24) is 0 Å². The minimum absolute atomic E-state index is 0.0299. The molecule has 0 aromatic heterocycles. The average molecular weight is 535 g/mol. The first-order valence-electron chi connectivity index (χ1n) is 12.1. The molecule has 0 radical (unpaired) electrons. The summed E-state index contributed by atoms with van der Waals surface area (Å²) in [6, 6.07) is 15.1. The topological polar surface area (TPSA) is 54.0 Å². The van der Waals surface area contributed by atoms with E-state index in [1.807, 2.05) is 6.92 Å². The van der Waals surface area contributed by atoms with Gasteiger partial charge in [-0.1, -0.05) is 37.6 Å². The maximum absolute atomic E-state index is 14.7. The average Bonchev–Trinajstić information content (AvgIpc) is 2.90. The van der Waals surface area contributed by atoms with Crippen molar-refractivity contribution in [3.05, 3.63) is 77.6 Å². The van der Waals surface area contributed by atoms with Gasteiger partial charge in [0.2, 0.25) is 0 Å². The predicted molar refractivity (Wildman–Crippen MR) is 135 cm³/mol. The summed E-state index contributed by atoms with van der Waals surface area (Å²) >= 11 is 0. The Kier molecular flexibility index (Phi) is 9.98. The van der Waals surface area contributed by atoms with Crippen molar-refractivity contribution in [3.63, 3.8) is 0 Å². The summed E-state index contributed by atoms with van der Waals surface area (Å²) in [6.45, 7) is 2.49. The van der Waals surface area contributed by atoms with Gasteiger partial charge in [-0.15, -0.1) is 0 Å². The van der Waals surface area contributed by atoms with Gasteiger partial charge in [0.15, 0.2) is 0 Å². The van der Waals surface area contributed by atoms with Crippen LogP contribution in [0, 0.1) is 5.82 Å². The van der Waals surface area contributed by atoms with Crippen molar-refractivity contribution >= 4 is 5.97 Å². The van der Waals surface area contributed by atoms with E-state index in [1.165, 1.54) is 43.5 Å². The summed E-state index contributed by atoms with van der Waals surface area (Å²) in [5, 5.41) is 0. The molecule has 0 saturated heterocycles. The maximum Gasteiger partial charge on any atom is 0.396 e. The Hall–Kier alpha value is -3.75. The van der Waals surface area contributed by atoms with Crippen molar-refractivity contribution in [3.8, 4) is 28.4 Å². The molecule has 0 heterocycles. The molecule has 0 bridgehead atoms. The van der Waals surface area contributed by atoms with Gasteiger partial charge in [-0.2, -0.15) is 13.2 Å². The van der Waals surface area contributed by atoms with E-state index < -0.39 is 30.3 Å². The van der Waals surface area contributed by atoms with Crippen molar-refractivity contribution in [2.75, 3.05) is 20.8 Å². The first-order chi connectivity index (χ1) is 18.2. The number of ether oxygens (including phenoxy) is 4. The van der Waals surface area contributed by atoms with Crippen LogP contribution in [0.5, 0.6) is 17.2 Å². The number of esters is 1. The largest absolute Gasteiger partial charge is 0.497 e. The van der Waals surface area contributed by atoms with Crippen molar-refractivity contribution in [2.24, 2.45) is 0 Å². The number of carbonyl (C=O) groups is 1. The fourth-order valence-electron chi connectivity index (χ4n) is 3.82. The molecule has 0 aliphatic heterocycles. The highest BCUT2D eigenvalue weighted by Gasteiger charge is 2.42. The Morgan fingerprint density at radius 2 is 1.71 bits per heavy atom. The molecular weight excluding hydrogens is 504 g/mol. The monoisotopic (exact) mass is 534 g/mol. The lowest BCUT2D eigenvalue weighted by molar-refractivity contribution is -0.164. The molecule has 3 aromatic rings. The lowest BCUT2D eigenvalue weighted by Crippen LogP contribution is -2.24. The first-order valence-corrected chi connectivity index (χ1v) is 12.1. The molecule has 0 saturated carbocycles. The molecule has 0 aliphatic rings. The van der Waals surface area contributed by atoms with E-state index >= 15 is 0 Å². The van der Waals surface area contributed by atoms with E-state index in [-0.39, 0.29) is 17.9 Å². The van der Waals surface area contributed by atoms with Crippen molar-refractivity contribution in [2.45, 2.75) is 44.9 Å². The van der Waals surface area contributed by atoms with E-state index in [0.717, 1.165) is 20.0 Å². The van der Waals surface area contributed by atoms with Crippen molar-refractivity contribution < 1.29 is 41.3 Å². The van der Waals surface area contributed by atoms with Crippen LogP contribution in [0.15, 0.2) is 60.7 Å². The smallest absolute Gasteiger partial charge is 0.396 e. The van der Waals surface area contributed by atoms with Gasteiger partial charge in [-0.25, -0.2) is 4.39 Å². The minimum atomic E-state index is -4.64. The quantitative estimate of drug-likeness (QED) is 0.137. The second-order valence-electron chi connectivity index (χ2n) is 8.61. The molecule has 38 heavy (non-hydrogen) atoms. The van der Waals surface area contributed by atoms with Crippen LogP contribution in [0.3, 0.4) is 0 Å². The zero-order chi connectivity index (χ0) is 27.7. The van der Waals surface area contributed by atoms with Gasteiger partial charge in [-0.3, -0.25) is 4.79 Å².